The summed E-state index contributed by atoms with van der Waals surface area (Å²) in [6.45, 7) is 5.15. The molecule has 0 aliphatic rings. The normalized spacial score (nSPS) is 12.4. The van der Waals surface area contributed by atoms with Gasteiger partial charge < -0.3 is 10.6 Å². The first-order valence-corrected chi connectivity index (χ1v) is 8.42. The second-order valence-corrected chi connectivity index (χ2v) is 7.30. The largest absolute Gasteiger partial charge is 0.369 e. The molecule has 0 amide bonds. The summed E-state index contributed by atoms with van der Waals surface area (Å²) in [6.07, 6.45) is 0.933. The molecule has 0 saturated carbocycles. The first kappa shape index (κ1) is 15.5. The smallest absolute Gasteiger partial charge is 0.0520 e. The maximum Gasteiger partial charge on any atom is 0.0520 e. The molecule has 0 aliphatic carbocycles. The second-order valence-electron chi connectivity index (χ2n) is 5.39. The third-order valence-electron chi connectivity index (χ3n) is 3.24. The Morgan fingerprint density at radius 3 is 2.65 bits per heavy atom. The highest BCUT2D eigenvalue weighted by Gasteiger charge is 2.08. The Hall–Kier alpha value is -0.840. The molecule has 0 spiro atoms. The molecule has 0 radical (unpaired) electrons. The van der Waals surface area contributed by atoms with Crippen molar-refractivity contribution in [2.45, 2.75) is 32.9 Å². The predicted molar refractivity (Wildman–Crippen MR) is 92.7 cm³/mol. The minimum atomic E-state index is 0.210. The van der Waals surface area contributed by atoms with E-state index in [9.17, 15) is 0 Å². The van der Waals surface area contributed by atoms with Crippen LogP contribution in [0, 0.1) is 6.92 Å². The average Bonchev–Trinajstić information content (AvgIpc) is 2.73. The Balaban J connectivity index is 2.11. The highest BCUT2D eigenvalue weighted by Crippen LogP contribution is 2.26. The molecule has 1 aromatic heterocycles. The van der Waals surface area contributed by atoms with Crippen LogP contribution in [0.3, 0.4) is 0 Å². The van der Waals surface area contributed by atoms with E-state index in [1.807, 2.05) is 6.92 Å². The van der Waals surface area contributed by atoms with E-state index in [-0.39, 0.29) is 6.04 Å². The minimum absolute atomic E-state index is 0.210. The maximum absolute atomic E-state index is 5.86. The Labute approximate surface area is 133 Å². The highest BCUT2D eigenvalue weighted by atomic mass is 79.9. The molecule has 0 fully saturated rings. The van der Waals surface area contributed by atoms with Crippen molar-refractivity contribution in [1.82, 2.24) is 0 Å². The molecule has 1 aromatic carbocycles. The Bertz CT molecular complexity index is 578. The van der Waals surface area contributed by atoms with Crippen LogP contribution in [0.2, 0.25) is 0 Å². The van der Waals surface area contributed by atoms with Crippen molar-refractivity contribution in [3.05, 3.63) is 50.1 Å². The number of anilines is 1. The van der Waals surface area contributed by atoms with Crippen LogP contribution in [0.4, 0.5) is 5.69 Å². The van der Waals surface area contributed by atoms with Crippen LogP contribution < -0.4 is 10.6 Å². The number of rotatable bonds is 5. The molecule has 2 rings (SSSR count). The van der Waals surface area contributed by atoms with E-state index >= 15 is 0 Å². The van der Waals surface area contributed by atoms with Gasteiger partial charge in [0.05, 0.1) is 6.54 Å². The number of benzene rings is 1. The molecular weight excluding hydrogens is 332 g/mol. The fraction of sp³-hybridized carbons (Fsp3) is 0.375. The average molecular weight is 353 g/mol. The van der Waals surface area contributed by atoms with Gasteiger partial charge in [-0.05, 0) is 59.5 Å². The van der Waals surface area contributed by atoms with Crippen molar-refractivity contribution < 1.29 is 0 Å². The zero-order valence-electron chi connectivity index (χ0n) is 12.2. The molecule has 2 aromatic rings. The molecule has 108 valence electrons. The summed E-state index contributed by atoms with van der Waals surface area (Å²) in [5.41, 5.74) is 9.76. The van der Waals surface area contributed by atoms with Crippen molar-refractivity contribution in [2.24, 2.45) is 5.73 Å². The SMILES string of the molecule is Cc1cc(CC(C)N)ccc1N(C)Cc1cc(Br)cs1. The lowest BCUT2D eigenvalue weighted by Gasteiger charge is -2.21. The van der Waals surface area contributed by atoms with Crippen LogP contribution in [-0.4, -0.2) is 13.1 Å². The van der Waals surface area contributed by atoms with Crippen LogP contribution in [0.1, 0.15) is 22.9 Å². The molecule has 1 atom stereocenters. The standard InChI is InChI=1S/C16H21BrN2S/c1-11-6-13(7-12(2)18)4-5-16(11)19(3)9-15-8-14(17)10-20-15/h4-6,8,10,12H,7,9,18H2,1-3H3. The van der Waals surface area contributed by atoms with Gasteiger partial charge in [-0.25, -0.2) is 0 Å². The second kappa shape index (κ2) is 6.74. The molecule has 20 heavy (non-hydrogen) atoms. The van der Waals surface area contributed by atoms with E-state index < -0.39 is 0 Å². The van der Waals surface area contributed by atoms with Crippen LogP contribution in [0.15, 0.2) is 34.1 Å². The van der Waals surface area contributed by atoms with Gasteiger partial charge in [0, 0.05) is 33.5 Å². The van der Waals surface area contributed by atoms with Gasteiger partial charge >= 0.3 is 0 Å². The van der Waals surface area contributed by atoms with E-state index in [4.69, 9.17) is 5.73 Å². The number of hydrogen-bond acceptors (Lipinski definition) is 3. The predicted octanol–water partition coefficient (Wildman–Crippen LogP) is 4.35. The zero-order chi connectivity index (χ0) is 14.7. The summed E-state index contributed by atoms with van der Waals surface area (Å²) in [6, 6.07) is 9.03. The molecule has 2 N–H and O–H groups in total. The topological polar surface area (TPSA) is 29.3 Å². The molecule has 2 nitrogen and oxygen atoms in total. The Morgan fingerprint density at radius 1 is 1.35 bits per heavy atom. The summed E-state index contributed by atoms with van der Waals surface area (Å²) < 4.78 is 1.16. The van der Waals surface area contributed by atoms with Gasteiger partial charge in [-0.2, -0.15) is 0 Å². The summed E-state index contributed by atoms with van der Waals surface area (Å²) in [5, 5.41) is 2.13. The van der Waals surface area contributed by atoms with Crippen molar-refractivity contribution in [3.8, 4) is 0 Å². The number of aryl methyl sites for hydroxylation is 1. The summed E-state index contributed by atoms with van der Waals surface area (Å²) in [5.74, 6) is 0. The number of halogens is 1. The van der Waals surface area contributed by atoms with Crippen molar-refractivity contribution in [3.63, 3.8) is 0 Å². The van der Waals surface area contributed by atoms with Crippen LogP contribution >= 0.6 is 27.3 Å². The molecular formula is C16H21BrN2S. The highest BCUT2D eigenvalue weighted by molar-refractivity contribution is 9.10. The zero-order valence-corrected chi connectivity index (χ0v) is 14.6. The fourth-order valence-electron chi connectivity index (χ4n) is 2.40. The monoisotopic (exact) mass is 352 g/mol. The van der Waals surface area contributed by atoms with Crippen LogP contribution in [0.25, 0.3) is 0 Å². The van der Waals surface area contributed by atoms with Crippen LogP contribution in [0.5, 0.6) is 0 Å². The van der Waals surface area contributed by atoms with Gasteiger partial charge in [0.1, 0.15) is 0 Å². The molecule has 0 aliphatic heterocycles. The minimum Gasteiger partial charge on any atom is -0.369 e. The van der Waals surface area contributed by atoms with E-state index in [0.29, 0.717) is 0 Å². The summed E-state index contributed by atoms with van der Waals surface area (Å²) >= 11 is 5.29. The molecule has 4 heteroatoms. The van der Waals surface area contributed by atoms with E-state index in [0.717, 1.165) is 17.4 Å². The third-order valence-corrected chi connectivity index (χ3v) is 4.93. The Morgan fingerprint density at radius 2 is 2.10 bits per heavy atom. The molecule has 1 unspecified atom stereocenters. The molecule has 1 heterocycles. The number of nitrogens with zero attached hydrogens (tertiary/aromatic N) is 1. The molecule has 0 bridgehead atoms. The van der Waals surface area contributed by atoms with Gasteiger partial charge in [0.15, 0.2) is 0 Å². The Kier molecular flexibility index (Phi) is 5.24. The van der Waals surface area contributed by atoms with Crippen molar-refractivity contribution in [1.29, 1.82) is 0 Å². The number of nitrogens with two attached hydrogens (primary N) is 1. The maximum atomic E-state index is 5.86. The van der Waals surface area contributed by atoms with Gasteiger partial charge in [0.2, 0.25) is 0 Å². The number of hydrogen-bond donors (Lipinski definition) is 1. The first-order valence-electron chi connectivity index (χ1n) is 6.75. The van der Waals surface area contributed by atoms with Gasteiger partial charge in [0.25, 0.3) is 0 Å². The lowest BCUT2D eigenvalue weighted by molar-refractivity contribution is 0.737. The van der Waals surface area contributed by atoms with Gasteiger partial charge in [-0.15, -0.1) is 11.3 Å². The van der Waals surface area contributed by atoms with E-state index in [1.165, 1.54) is 21.7 Å². The summed E-state index contributed by atoms with van der Waals surface area (Å²) in [4.78, 5) is 3.65. The lowest BCUT2D eigenvalue weighted by Crippen LogP contribution is -2.19. The third kappa shape index (κ3) is 4.08. The van der Waals surface area contributed by atoms with Crippen LogP contribution in [-0.2, 0) is 13.0 Å². The van der Waals surface area contributed by atoms with E-state index in [1.54, 1.807) is 11.3 Å². The molecule has 0 saturated heterocycles. The summed E-state index contributed by atoms with van der Waals surface area (Å²) in [7, 11) is 2.14. The lowest BCUT2D eigenvalue weighted by atomic mass is 10.0. The van der Waals surface area contributed by atoms with Crippen molar-refractivity contribution >= 4 is 33.0 Å². The first-order chi connectivity index (χ1) is 9.45. The quantitative estimate of drug-likeness (QED) is 0.866. The van der Waals surface area contributed by atoms with E-state index in [2.05, 4.69) is 64.4 Å². The van der Waals surface area contributed by atoms with Crippen molar-refractivity contribution in [2.75, 3.05) is 11.9 Å². The fourth-order valence-corrected chi connectivity index (χ4v) is 3.90. The van der Waals surface area contributed by atoms with Gasteiger partial charge in [-0.1, -0.05) is 12.1 Å². The number of thiophene rings is 1. The van der Waals surface area contributed by atoms with Gasteiger partial charge in [-0.3, -0.25) is 0 Å².